The Morgan fingerprint density at radius 1 is 1.64 bits per heavy atom. The molecular weight excluding hydrogens is 182 g/mol. The van der Waals surface area contributed by atoms with Crippen molar-refractivity contribution < 1.29 is 9.90 Å². The monoisotopic (exact) mass is 195 g/mol. The largest absolute Gasteiger partial charge is 0.477 e. The Kier molecular flexibility index (Phi) is 3.53. The van der Waals surface area contributed by atoms with Gasteiger partial charge in [-0.2, -0.15) is 0 Å². The van der Waals surface area contributed by atoms with Crippen LogP contribution in [0, 0.1) is 0 Å². The summed E-state index contributed by atoms with van der Waals surface area (Å²) in [4.78, 5) is 18.4. The highest BCUT2D eigenvalue weighted by Gasteiger charge is 2.05. The third kappa shape index (κ3) is 3.10. The molecule has 0 saturated heterocycles. The molecule has 5 nitrogen and oxygen atoms in total. The van der Waals surface area contributed by atoms with Crippen molar-refractivity contribution in [1.82, 2.24) is 15.3 Å². The molecule has 0 atom stereocenters. The molecule has 2 N–H and O–H groups in total. The normalized spacial score (nSPS) is 10.5. The van der Waals surface area contributed by atoms with E-state index in [9.17, 15) is 4.79 Å². The average molecular weight is 195 g/mol. The van der Waals surface area contributed by atoms with E-state index in [0.29, 0.717) is 18.4 Å². The Labute approximate surface area is 82.2 Å². The van der Waals surface area contributed by atoms with Gasteiger partial charge in [-0.1, -0.05) is 13.8 Å². The quantitative estimate of drug-likeness (QED) is 0.738. The zero-order valence-electron chi connectivity index (χ0n) is 8.19. The van der Waals surface area contributed by atoms with Crippen LogP contribution in [-0.4, -0.2) is 27.1 Å². The molecule has 0 unspecified atom stereocenters. The number of rotatable bonds is 4. The number of hydrogen-bond acceptors (Lipinski definition) is 4. The molecule has 5 heteroatoms. The molecule has 14 heavy (non-hydrogen) atoms. The summed E-state index contributed by atoms with van der Waals surface area (Å²) in [5.41, 5.74) is 0.0283. The van der Waals surface area contributed by atoms with Crippen molar-refractivity contribution in [1.29, 1.82) is 0 Å². The van der Waals surface area contributed by atoms with Crippen LogP contribution in [0.1, 0.15) is 30.2 Å². The van der Waals surface area contributed by atoms with Crippen molar-refractivity contribution in [3.8, 4) is 0 Å². The highest BCUT2D eigenvalue weighted by Crippen LogP contribution is 1.95. The van der Waals surface area contributed by atoms with E-state index < -0.39 is 5.97 Å². The fourth-order valence-corrected chi connectivity index (χ4v) is 0.899. The SMILES string of the molecule is CC(C)NCc1nccc(C(=O)O)n1. The minimum atomic E-state index is -1.03. The molecule has 0 aliphatic heterocycles. The molecule has 0 aromatic carbocycles. The summed E-state index contributed by atoms with van der Waals surface area (Å²) in [7, 11) is 0. The average Bonchev–Trinajstić information content (AvgIpc) is 2.15. The van der Waals surface area contributed by atoms with E-state index >= 15 is 0 Å². The summed E-state index contributed by atoms with van der Waals surface area (Å²) in [5, 5.41) is 11.8. The Balaban J connectivity index is 2.69. The molecule has 0 aliphatic carbocycles. The molecule has 0 amide bonds. The van der Waals surface area contributed by atoms with Crippen LogP contribution in [0.25, 0.3) is 0 Å². The molecule has 1 aromatic rings. The van der Waals surface area contributed by atoms with E-state index in [0.717, 1.165) is 0 Å². The third-order valence-electron chi connectivity index (χ3n) is 1.59. The second-order valence-electron chi connectivity index (χ2n) is 3.20. The number of nitrogens with zero attached hydrogens (tertiary/aromatic N) is 2. The van der Waals surface area contributed by atoms with Crippen molar-refractivity contribution in [3.05, 3.63) is 23.8 Å². The Morgan fingerprint density at radius 3 is 2.93 bits per heavy atom. The van der Waals surface area contributed by atoms with Crippen LogP contribution in [0.3, 0.4) is 0 Å². The Hall–Kier alpha value is -1.49. The first-order valence-corrected chi connectivity index (χ1v) is 4.38. The second kappa shape index (κ2) is 4.66. The third-order valence-corrected chi connectivity index (χ3v) is 1.59. The molecule has 1 aromatic heterocycles. The summed E-state index contributed by atoms with van der Waals surface area (Å²) < 4.78 is 0. The van der Waals surface area contributed by atoms with Gasteiger partial charge in [0.2, 0.25) is 0 Å². The fourth-order valence-electron chi connectivity index (χ4n) is 0.899. The fraction of sp³-hybridized carbons (Fsp3) is 0.444. The maximum absolute atomic E-state index is 10.6. The van der Waals surface area contributed by atoms with Gasteiger partial charge in [-0.25, -0.2) is 14.8 Å². The molecular formula is C9H13N3O2. The first kappa shape index (κ1) is 10.6. The van der Waals surface area contributed by atoms with Crippen LogP contribution in [0.2, 0.25) is 0 Å². The summed E-state index contributed by atoms with van der Waals surface area (Å²) in [6, 6.07) is 1.70. The van der Waals surface area contributed by atoms with Gasteiger partial charge < -0.3 is 10.4 Å². The first-order chi connectivity index (χ1) is 6.59. The van der Waals surface area contributed by atoms with Gasteiger partial charge in [0.05, 0.1) is 6.54 Å². The van der Waals surface area contributed by atoms with Gasteiger partial charge in [-0.3, -0.25) is 0 Å². The van der Waals surface area contributed by atoms with Crippen LogP contribution in [0.4, 0.5) is 0 Å². The minimum Gasteiger partial charge on any atom is -0.477 e. The van der Waals surface area contributed by atoms with Crippen LogP contribution < -0.4 is 5.32 Å². The summed E-state index contributed by atoms with van der Waals surface area (Å²) in [6.45, 7) is 4.49. The molecule has 0 bridgehead atoms. The van der Waals surface area contributed by atoms with Crippen LogP contribution in [0.5, 0.6) is 0 Å². The summed E-state index contributed by atoms with van der Waals surface area (Å²) in [5.74, 6) is -0.531. The number of carboxylic acids is 1. The topological polar surface area (TPSA) is 75.1 Å². The van der Waals surface area contributed by atoms with E-state index in [1.165, 1.54) is 12.3 Å². The van der Waals surface area contributed by atoms with Gasteiger partial charge in [0.25, 0.3) is 0 Å². The lowest BCUT2D eigenvalue weighted by atomic mass is 10.3. The maximum atomic E-state index is 10.6. The van der Waals surface area contributed by atoms with E-state index in [4.69, 9.17) is 5.11 Å². The van der Waals surface area contributed by atoms with E-state index in [2.05, 4.69) is 15.3 Å². The minimum absolute atomic E-state index is 0.0283. The van der Waals surface area contributed by atoms with E-state index in [1.807, 2.05) is 13.8 Å². The van der Waals surface area contributed by atoms with Crippen molar-refractivity contribution in [2.24, 2.45) is 0 Å². The summed E-state index contributed by atoms with van der Waals surface area (Å²) >= 11 is 0. The lowest BCUT2D eigenvalue weighted by Gasteiger charge is -2.06. The molecule has 0 radical (unpaired) electrons. The van der Waals surface area contributed by atoms with Gasteiger partial charge in [-0.15, -0.1) is 0 Å². The molecule has 1 heterocycles. The van der Waals surface area contributed by atoms with Gasteiger partial charge in [0, 0.05) is 12.2 Å². The van der Waals surface area contributed by atoms with Crippen LogP contribution in [-0.2, 0) is 6.54 Å². The van der Waals surface area contributed by atoms with Crippen molar-refractivity contribution in [2.75, 3.05) is 0 Å². The predicted octanol–water partition coefficient (Wildman–Crippen LogP) is 0.673. The lowest BCUT2D eigenvalue weighted by molar-refractivity contribution is 0.0690. The predicted molar refractivity (Wildman–Crippen MR) is 51.0 cm³/mol. The number of aromatic nitrogens is 2. The number of hydrogen-bond donors (Lipinski definition) is 2. The van der Waals surface area contributed by atoms with Crippen LogP contribution in [0.15, 0.2) is 12.3 Å². The van der Waals surface area contributed by atoms with Gasteiger partial charge in [0.15, 0.2) is 5.69 Å². The number of nitrogens with one attached hydrogen (secondary N) is 1. The molecule has 0 fully saturated rings. The highest BCUT2D eigenvalue weighted by molar-refractivity contribution is 5.85. The van der Waals surface area contributed by atoms with Crippen molar-refractivity contribution in [2.45, 2.75) is 26.4 Å². The standard InChI is InChI=1S/C9H13N3O2/c1-6(2)11-5-8-10-4-3-7(12-8)9(13)14/h3-4,6,11H,5H2,1-2H3,(H,13,14). The van der Waals surface area contributed by atoms with Crippen molar-refractivity contribution in [3.63, 3.8) is 0 Å². The van der Waals surface area contributed by atoms with Crippen molar-refractivity contribution >= 4 is 5.97 Å². The van der Waals surface area contributed by atoms with Gasteiger partial charge >= 0.3 is 5.97 Å². The highest BCUT2D eigenvalue weighted by atomic mass is 16.4. The zero-order chi connectivity index (χ0) is 10.6. The number of carboxylic acid groups (broad SMARTS) is 1. The molecule has 0 saturated carbocycles. The number of aromatic carboxylic acids is 1. The summed E-state index contributed by atoms with van der Waals surface area (Å²) in [6.07, 6.45) is 1.45. The molecule has 1 rings (SSSR count). The Bertz CT molecular complexity index is 326. The first-order valence-electron chi connectivity index (χ1n) is 4.38. The van der Waals surface area contributed by atoms with Crippen LogP contribution >= 0.6 is 0 Å². The van der Waals surface area contributed by atoms with Gasteiger partial charge in [-0.05, 0) is 6.07 Å². The zero-order valence-corrected chi connectivity index (χ0v) is 8.19. The van der Waals surface area contributed by atoms with Gasteiger partial charge in [0.1, 0.15) is 5.82 Å². The number of carbonyl (C=O) groups is 1. The molecule has 0 aliphatic rings. The molecule has 0 spiro atoms. The lowest BCUT2D eigenvalue weighted by Crippen LogP contribution is -2.23. The molecule has 76 valence electrons. The van der Waals surface area contributed by atoms with E-state index in [-0.39, 0.29) is 5.69 Å². The second-order valence-corrected chi connectivity index (χ2v) is 3.20. The van der Waals surface area contributed by atoms with E-state index in [1.54, 1.807) is 0 Å². The Morgan fingerprint density at radius 2 is 2.36 bits per heavy atom. The maximum Gasteiger partial charge on any atom is 0.354 e. The smallest absolute Gasteiger partial charge is 0.354 e.